The lowest BCUT2D eigenvalue weighted by Crippen LogP contribution is -2.23. The van der Waals surface area contributed by atoms with Crippen LogP contribution >= 0.6 is 0 Å². The third-order valence-electron chi connectivity index (χ3n) is 2.17. The SMILES string of the molecule is CNc1cc(F)ccc1C(=O)C(C)S(=O)[O-]. The summed E-state index contributed by atoms with van der Waals surface area (Å²) in [5.74, 6) is -1.05. The van der Waals surface area contributed by atoms with Crippen molar-refractivity contribution in [2.45, 2.75) is 12.2 Å². The van der Waals surface area contributed by atoms with Crippen molar-refractivity contribution in [1.82, 2.24) is 0 Å². The number of halogens is 1. The highest BCUT2D eigenvalue weighted by molar-refractivity contribution is 7.80. The lowest BCUT2D eigenvalue weighted by Gasteiger charge is -2.15. The Morgan fingerprint density at radius 1 is 1.56 bits per heavy atom. The minimum absolute atomic E-state index is 0.167. The summed E-state index contributed by atoms with van der Waals surface area (Å²) in [6, 6.07) is 3.54. The Hall–Kier alpha value is -1.27. The maximum Gasteiger partial charge on any atom is 0.179 e. The van der Waals surface area contributed by atoms with E-state index in [2.05, 4.69) is 5.32 Å². The van der Waals surface area contributed by atoms with Crippen molar-refractivity contribution >= 4 is 22.6 Å². The first-order valence-corrected chi connectivity index (χ1v) is 5.70. The van der Waals surface area contributed by atoms with Crippen molar-refractivity contribution in [1.29, 1.82) is 0 Å². The molecular weight excluding hydrogens is 233 g/mol. The van der Waals surface area contributed by atoms with E-state index >= 15 is 0 Å². The maximum absolute atomic E-state index is 12.9. The van der Waals surface area contributed by atoms with Gasteiger partial charge in [0.05, 0.1) is 5.25 Å². The van der Waals surface area contributed by atoms with E-state index in [-0.39, 0.29) is 11.3 Å². The predicted octanol–water partition coefficient (Wildman–Crippen LogP) is 1.32. The van der Waals surface area contributed by atoms with Gasteiger partial charge in [0.15, 0.2) is 5.78 Å². The summed E-state index contributed by atoms with van der Waals surface area (Å²) in [5.41, 5.74) is 0.447. The smallest absolute Gasteiger partial charge is 0.179 e. The molecule has 1 rings (SSSR count). The highest BCUT2D eigenvalue weighted by Gasteiger charge is 2.19. The number of carbonyl (C=O) groups is 1. The molecule has 1 aromatic rings. The van der Waals surface area contributed by atoms with Crippen LogP contribution in [-0.2, 0) is 11.1 Å². The number of rotatable bonds is 4. The second kappa shape index (κ2) is 5.18. The van der Waals surface area contributed by atoms with Crippen LogP contribution in [0.1, 0.15) is 17.3 Å². The van der Waals surface area contributed by atoms with E-state index in [1.54, 1.807) is 0 Å². The van der Waals surface area contributed by atoms with Crippen LogP contribution < -0.4 is 5.32 Å². The maximum atomic E-state index is 12.9. The van der Waals surface area contributed by atoms with Gasteiger partial charge < -0.3 is 9.87 Å². The van der Waals surface area contributed by atoms with Crippen LogP contribution in [0.2, 0.25) is 0 Å². The summed E-state index contributed by atoms with van der Waals surface area (Å²) >= 11 is -2.48. The molecule has 2 unspecified atom stereocenters. The Morgan fingerprint density at radius 3 is 2.69 bits per heavy atom. The first-order chi connectivity index (χ1) is 7.47. The van der Waals surface area contributed by atoms with Crippen LogP contribution in [0.25, 0.3) is 0 Å². The highest BCUT2D eigenvalue weighted by atomic mass is 32.2. The number of Topliss-reactive ketones (excluding diaryl/α,β-unsaturated/α-hetero) is 1. The molecule has 0 heterocycles. The number of carbonyl (C=O) groups excluding carboxylic acids is 1. The average molecular weight is 244 g/mol. The third-order valence-corrected chi connectivity index (χ3v) is 2.97. The van der Waals surface area contributed by atoms with Crippen LogP contribution in [0, 0.1) is 5.82 Å². The summed E-state index contributed by atoms with van der Waals surface area (Å²) in [4.78, 5) is 11.7. The molecule has 16 heavy (non-hydrogen) atoms. The quantitative estimate of drug-likeness (QED) is 0.640. The molecule has 0 aliphatic heterocycles. The van der Waals surface area contributed by atoms with Gasteiger partial charge in [0, 0.05) is 18.3 Å². The van der Waals surface area contributed by atoms with Crippen molar-refractivity contribution in [3.8, 4) is 0 Å². The van der Waals surface area contributed by atoms with Crippen molar-refractivity contribution in [3.63, 3.8) is 0 Å². The van der Waals surface area contributed by atoms with Crippen LogP contribution in [-0.4, -0.2) is 26.8 Å². The topological polar surface area (TPSA) is 69.2 Å². The summed E-state index contributed by atoms with van der Waals surface area (Å²) in [5, 5.41) is 1.51. The van der Waals surface area contributed by atoms with E-state index in [1.807, 2.05) is 0 Å². The largest absolute Gasteiger partial charge is 0.772 e. The number of anilines is 1. The first kappa shape index (κ1) is 12.8. The Kier molecular flexibility index (Phi) is 4.14. The molecule has 0 saturated carbocycles. The summed E-state index contributed by atoms with van der Waals surface area (Å²) in [6.45, 7) is 1.29. The third kappa shape index (κ3) is 2.65. The average Bonchev–Trinajstić information content (AvgIpc) is 2.26. The molecule has 0 fully saturated rings. The van der Waals surface area contributed by atoms with Crippen molar-refractivity contribution in [3.05, 3.63) is 29.6 Å². The number of ketones is 1. The molecule has 0 saturated heterocycles. The second-order valence-corrected chi connectivity index (χ2v) is 4.43. The number of benzene rings is 1. The fourth-order valence-corrected chi connectivity index (χ4v) is 1.55. The number of hydrogen-bond acceptors (Lipinski definition) is 4. The Balaban J connectivity index is 3.13. The Labute approximate surface area is 95.1 Å². The second-order valence-electron chi connectivity index (χ2n) is 3.21. The molecule has 0 bridgehead atoms. The lowest BCUT2D eigenvalue weighted by molar-refractivity contribution is 0.0991. The van der Waals surface area contributed by atoms with Gasteiger partial charge in [-0.1, -0.05) is 0 Å². The van der Waals surface area contributed by atoms with Gasteiger partial charge in [-0.3, -0.25) is 9.00 Å². The van der Waals surface area contributed by atoms with Gasteiger partial charge >= 0.3 is 0 Å². The fourth-order valence-electron chi connectivity index (χ4n) is 1.24. The standard InChI is InChI=1S/C10H12FNO3S/c1-6(16(14)15)10(13)8-4-3-7(11)5-9(8)12-2/h3-6,12H,1-2H3,(H,14,15)/p-1. The van der Waals surface area contributed by atoms with Gasteiger partial charge in [-0.25, -0.2) is 4.39 Å². The Bertz CT molecular complexity index is 436. The van der Waals surface area contributed by atoms with Gasteiger partial charge in [-0.15, -0.1) is 0 Å². The normalized spacial score (nSPS) is 14.2. The number of nitrogens with one attached hydrogen (secondary N) is 1. The minimum atomic E-state index is -2.48. The summed E-state index contributed by atoms with van der Waals surface area (Å²) in [7, 11) is 1.53. The predicted molar refractivity (Wildman–Crippen MR) is 58.7 cm³/mol. The van der Waals surface area contributed by atoms with Gasteiger partial charge in [0.25, 0.3) is 0 Å². The molecule has 1 N–H and O–H groups in total. The zero-order valence-corrected chi connectivity index (χ0v) is 9.64. The van der Waals surface area contributed by atoms with Gasteiger partial charge in [-0.2, -0.15) is 0 Å². The molecule has 88 valence electrons. The zero-order chi connectivity index (χ0) is 12.3. The zero-order valence-electron chi connectivity index (χ0n) is 8.82. The monoisotopic (exact) mass is 244 g/mol. The van der Waals surface area contributed by atoms with Crippen LogP contribution in [0.3, 0.4) is 0 Å². The van der Waals surface area contributed by atoms with Crippen molar-refractivity contribution < 1.29 is 17.9 Å². The molecular formula is C10H11FNO3S-. The molecule has 4 nitrogen and oxygen atoms in total. The van der Waals surface area contributed by atoms with Crippen molar-refractivity contribution in [2.24, 2.45) is 0 Å². The molecule has 0 spiro atoms. The van der Waals surface area contributed by atoms with Gasteiger partial charge in [-0.05, 0) is 36.2 Å². The van der Waals surface area contributed by atoms with Crippen molar-refractivity contribution in [2.75, 3.05) is 12.4 Å². The van der Waals surface area contributed by atoms with E-state index in [9.17, 15) is 17.9 Å². The first-order valence-electron chi connectivity index (χ1n) is 4.57. The van der Waals surface area contributed by atoms with Gasteiger partial charge in [0.1, 0.15) is 5.82 Å². The molecule has 0 aliphatic rings. The van der Waals surface area contributed by atoms with Crippen LogP contribution in [0.15, 0.2) is 18.2 Å². The molecule has 6 heteroatoms. The van der Waals surface area contributed by atoms with E-state index < -0.39 is 27.9 Å². The van der Waals surface area contributed by atoms with Crippen LogP contribution in [0.4, 0.5) is 10.1 Å². The molecule has 0 radical (unpaired) electrons. The lowest BCUT2D eigenvalue weighted by atomic mass is 10.1. The fraction of sp³-hybridized carbons (Fsp3) is 0.300. The van der Waals surface area contributed by atoms with E-state index in [1.165, 1.54) is 20.0 Å². The summed E-state index contributed by atoms with van der Waals surface area (Å²) in [6.07, 6.45) is 0. The van der Waals surface area contributed by atoms with Crippen LogP contribution in [0.5, 0.6) is 0 Å². The molecule has 0 aromatic heterocycles. The van der Waals surface area contributed by atoms with E-state index in [0.717, 1.165) is 12.1 Å². The highest BCUT2D eigenvalue weighted by Crippen LogP contribution is 2.19. The molecule has 2 atom stereocenters. The van der Waals surface area contributed by atoms with E-state index in [0.29, 0.717) is 0 Å². The molecule has 1 aromatic carbocycles. The minimum Gasteiger partial charge on any atom is -0.772 e. The number of hydrogen-bond donors (Lipinski definition) is 1. The van der Waals surface area contributed by atoms with Gasteiger partial charge in [0.2, 0.25) is 0 Å². The summed E-state index contributed by atoms with van der Waals surface area (Å²) < 4.78 is 34.2. The Morgan fingerprint density at radius 2 is 2.19 bits per heavy atom. The molecule has 0 aliphatic carbocycles. The van der Waals surface area contributed by atoms with E-state index in [4.69, 9.17) is 0 Å². The molecule has 0 amide bonds.